The van der Waals surface area contributed by atoms with Gasteiger partial charge in [0.25, 0.3) is 5.91 Å². The number of rotatable bonds is 1. The van der Waals surface area contributed by atoms with E-state index in [0.717, 1.165) is 25.9 Å². The molecule has 0 aliphatic carbocycles. The second kappa shape index (κ2) is 3.65. The van der Waals surface area contributed by atoms with E-state index in [0.29, 0.717) is 0 Å². The summed E-state index contributed by atoms with van der Waals surface area (Å²) in [7, 11) is 0. The number of nitrogens with one attached hydrogen (secondary N) is 1. The molecule has 1 saturated heterocycles. The Bertz CT molecular complexity index is 391. The van der Waals surface area contributed by atoms with Crippen molar-refractivity contribution in [2.75, 3.05) is 13.1 Å². The summed E-state index contributed by atoms with van der Waals surface area (Å²) in [5.74, 6) is -0.149. The quantitative estimate of drug-likeness (QED) is 0.708. The van der Waals surface area contributed by atoms with Crippen LogP contribution in [0.1, 0.15) is 23.2 Å². The highest BCUT2D eigenvalue weighted by atomic mass is 16.2. The summed E-state index contributed by atoms with van der Waals surface area (Å²) < 4.78 is 0. The number of carbonyl (C=O) groups is 1. The van der Waals surface area contributed by atoms with E-state index in [1.54, 1.807) is 4.90 Å². The normalized spacial score (nSPS) is 15.9. The molecule has 1 amide bonds. The lowest BCUT2D eigenvalue weighted by Crippen LogP contribution is -2.31. The number of carbonyl (C=O) groups excluding carboxylic acids is 1. The van der Waals surface area contributed by atoms with Crippen LogP contribution in [0.3, 0.4) is 0 Å². The van der Waals surface area contributed by atoms with E-state index in [1.165, 1.54) is 18.5 Å². The number of hydrogen-bond donors (Lipinski definition) is 1. The molecule has 1 aliphatic heterocycles. The van der Waals surface area contributed by atoms with Crippen LogP contribution in [-0.2, 0) is 0 Å². The molecule has 0 aromatic carbocycles. The number of hydrogen-bond acceptors (Lipinski definition) is 2. The van der Waals surface area contributed by atoms with Crippen molar-refractivity contribution in [1.82, 2.24) is 9.88 Å². The van der Waals surface area contributed by atoms with Crippen LogP contribution in [0.2, 0.25) is 0 Å². The maximum Gasteiger partial charge on any atom is 0.259 e. The fourth-order valence-electron chi connectivity index (χ4n) is 1.67. The van der Waals surface area contributed by atoms with E-state index in [9.17, 15) is 9.59 Å². The van der Waals surface area contributed by atoms with Crippen molar-refractivity contribution >= 4 is 5.91 Å². The van der Waals surface area contributed by atoms with Crippen LogP contribution in [-0.4, -0.2) is 28.9 Å². The zero-order valence-corrected chi connectivity index (χ0v) is 7.82. The first-order chi connectivity index (χ1) is 6.79. The Hall–Kier alpha value is -1.58. The Morgan fingerprint density at radius 1 is 1.36 bits per heavy atom. The van der Waals surface area contributed by atoms with E-state index in [4.69, 9.17) is 0 Å². The van der Waals surface area contributed by atoms with Crippen LogP contribution in [0.4, 0.5) is 0 Å². The van der Waals surface area contributed by atoms with Crippen LogP contribution in [0.15, 0.2) is 23.3 Å². The predicted octanol–water partition coefficient (Wildman–Crippen LogP) is 0.611. The monoisotopic (exact) mass is 192 g/mol. The van der Waals surface area contributed by atoms with Gasteiger partial charge in [0.15, 0.2) is 5.43 Å². The third-order valence-electron chi connectivity index (χ3n) is 2.45. The molecule has 74 valence electrons. The third-order valence-corrected chi connectivity index (χ3v) is 2.45. The second-order valence-corrected chi connectivity index (χ2v) is 3.42. The topological polar surface area (TPSA) is 53.2 Å². The Morgan fingerprint density at radius 2 is 2.07 bits per heavy atom. The molecule has 1 aliphatic rings. The molecule has 0 atom stereocenters. The molecule has 4 nitrogen and oxygen atoms in total. The highest BCUT2D eigenvalue weighted by Gasteiger charge is 2.20. The molecule has 0 radical (unpaired) electrons. The number of aromatic nitrogens is 1. The zero-order valence-electron chi connectivity index (χ0n) is 7.82. The first-order valence-electron chi connectivity index (χ1n) is 4.75. The van der Waals surface area contributed by atoms with Crippen LogP contribution in [0.5, 0.6) is 0 Å². The van der Waals surface area contributed by atoms with Crippen LogP contribution < -0.4 is 5.43 Å². The van der Waals surface area contributed by atoms with Crippen molar-refractivity contribution in [2.24, 2.45) is 0 Å². The minimum atomic E-state index is -0.208. The van der Waals surface area contributed by atoms with Crippen LogP contribution in [0, 0.1) is 0 Å². The lowest BCUT2D eigenvalue weighted by molar-refractivity contribution is 0.0791. The van der Waals surface area contributed by atoms with Crippen molar-refractivity contribution in [3.63, 3.8) is 0 Å². The first-order valence-corrected chi connectivity index (χ1v) is 4.75. The highest BCUT2D eigenvalue weighted by molar-refractivity contribution is 5.93. The number of nitrogens with zero attached hydrogens (tertiary/aromatic N) is 1. The molecule has 2 heterocycles. The molecule has 1 aromatic rings. The zero-order chi connectivity index (χ0) is 9.97. The third kappa shape index (κ3) is 1.55. The van der Waals surface area contributed by atoms with Gasteiger partial charge in [-0.2, -0.15) is 0 Å². The summed E-state index contributed by atoms with van der Waals surface area (Å²) in [5.41, 5.74) is 0.0371. The van der Waals surface area contributed by atoms with Crippen LogP contribution >= 0.6 is 0 Å². The fraction of sp³-hybridized carbons (Fsp3) is 0.400. The molecule has 0 unspecified atom stereocenters. The standard InChI is InChI=1S/C10H12N2O2/c13-9-3-4-11-7-8(9)10(14)12-5-1-2-6-12/h3-4,7H,1-2,5-6H2,(H,11,13). The second-order valence-electron chi connectivity index (χ2n) is 3.42. The van der Waals surface area contributed by atoms with Gasteiger partial charge in [-0.1, -0.05) is 0 Å². The number of aromatic amines is 1. The molecule has 14 heavy (non-hydrogen) atoms. The molecule has 1 N–H and O–H groups in total. The fourth-order valence-corrected chi connectivity index (χ4v) is 1.67. The van der Waals surface area contributed by atoms with Gasteiger partial charge < -0.3 is 9.88 Å². The van der Waals surface area contributed by atoms with Gasteiger partial charge in [0, 0.05) is 31.5 Å². The summed E-state index contributed by atoms with van der Waals surface area (Å²) in [6.07, 6.45) is 5.08. The molecule has 4 heteroatoms. The van der Waals surface area contributed by atoms with Gasteiger partial charge in [0.2, 0.25) is 0 Å². The summed E-state index contributed by atoms with van der Waals surface area (Å²) in [4.78, 5) is 27.6. The van der Waals surface area contributed by atoms with Crippen molar-refractivity contribution in [1.29, 1.82) is 0 Å². The van der Waals surface area contributed by atoms with Crippen molar-refractivity contribution in [2.45, 2.75) is 12.8 Å². The van der Waals surface area contributed by atoms with Crippen molar-refractivity contribution in [3.8, 4) is 0 Å². The highest BCUT2D eigenvalue weighted by Crippen LogP contribution is 2.09. The maximum absolute atomic E-state index is 11.8. The Labute approximate surface area is 81.6 Å². The van der Waals surface area contributed by atoms with Gasteiger partial charge in [-0.15, -0.1) is 0 Å². The van der Waals surface area contributed by atoms with E-state index >= 15 is 0 Å². The number of H-pyrrole nitrogens is 1. The van der Waals surface area contributed by atoms with Crippen LogP contribution in [0.25, 0.3) is 0 Å². The molecule has 0 saturated carbocycles. The number of pyridine rings is 1. The smallest absolute Gasteiger partial charge is 0.259 e. The van der Waals surface area contributed by atoms with Gasteiger partial charge in [-0.3, -0.25) is 9.59 Å². The molecule has 1 fully saturated rings. The average molecular weight is 192 g/mol. The van der Waals surface area contributed by atoms with Crippen molar-refractivity contribution in [3.05, 3.63) is 34.2 Å². The summed E-state index contributed by atoms with van der Waals surface area (Å²) >= 11 is 0. The Morgan fingerprint density at radius 3 is 2.71 bits per heavy atom. The molecule has 0 bridgehead atoms. The Balaban J connectivity index is 2.26. The van der Waals surface area contributed by atoms with E-state index in [-0.39, 0.29) is 16.9 Å². The molecular formula is C10H12N2O2. The molecular weight excluding hydrogens is 180 g/mol. The molecule has 1 aromatic heterocycles. The molecule has 2 rings (SSSR count). The summed E-state index contributed by atoms with van der Waals surface area (Å²) in [6, 6.07) is 1.38. The molecule has 0 spiro atoms. The number of likely N-dealkylation sites (tertiary alicyclic amines) is 1. The predicted molar refractivity (Wildman–Crippen MR) is 52.2 cm³/mol. The SMILES string of the molecule is O=C(c1c[nH]ccc1=O)N1CCCC1. The first kappa shape index (κ1) is 8.99. The van der Waals surface area contributed by atoms with E-state index in [1.807, 2.05) is 0 Å². The van der Waals surface area contributed by atoms with E-state index in [2.05, 4.69) is 4.98 Å². The Kier molecular flexibility index (Phi) is 2.35. The summed E-state index contributed by atoms with van der Waals surface area (Å²) in [5, 5.41) is 0. The maximum atomic E-state index is 11.8. The lowest BCUT2D eigenvalue weighted by Gasteiger charge is -2.13. The van der Waals surface area contributed by atoms with Gasteiger partial charge >= 0.3 is 0 Å². The van der Waals surface area contributed by atoms with E-state index < -0.39 is 0 Å². The van der Waals surface area contributed by atoms with Crippen molar-refractivity contribution < 1.29 is 4.79 Å². The van der Waals surface area contributed by atoms with Gasteiger partial charge in [-0.05, 0) is 12.8 Å². The average Bonchev–Trinajstić information content (AvgIpc) is 2.70. The number of amides is 1. The van der Waals surface area contributed by atoms with Gasteiger partial charge in [-0.25, -0.2) is 0 Å². The largest absolute Gasteiger partial charge is 0.367 e. The summed E-state index contributed by atoms with van der Waals surface area (Å²) in [6.45, 7) is 1.54. The minimum Gasteiger partial charge on any atom is -0.367 e. The van der Waals surface area contributed by atoms with Gasteiger partial charge in [0.1, 0.15) is 5.56 Å². The lowest BCUT2D eigenvalue weighted by atomic mass is 10.2. The minimum absolute atomic E-state index is 0.149. The van der Waals surface area contributed by atoms with Gasteiger partial charge in [0.05, 0.1) is 0 Å².